The maximum atomic E-state index is 11.0. The van der Waals surface area contributed by atoms with Crippen molar-refractivity contribution in [3.63, 3.8) is 0 Å². The van der Waals surface area contributed by atoms with Gasteiger partial charge in [-0.15, -0.1) is 0 Å². The fourth-order valence-corrected chi connectivity index (χ4v) is 1.38. The lowest BCUT2D eigenvalue weighted by atomic mass is 10.2. The molecule has 6 nitrogen and oxygen atoms in total. The van der Waals surface area contributed by atoms with Gasteiger partial charge in [0.25, 0.3) is 0 Å². The zero-order valence-electron chi connectivity index (χ0n) is 9.12. The van der Waals surface area contributed by atoms with Crippen LogP contribution in [0.15, 0.2) is 30.6 Å². The molecule has 1 aromatic carbocycles. The minimum absolute atomic E-state index is 0.0584. The second-order valence-electron chi connectivity index (χ2n) is 3.51. The van der Waals surface area contributed by atoms with Crippen molar-refractivity contribution in [2.45, 2.75) is 0 Å². The van der Waals surface area contributed by atoms with Crippen LogP contribution in [0.2, 0.25) is 0 Å². The molecule has 0 aliphatic heterocycles. The molecule has 1 heterocycles. The van der Waals surface area contributed by atoms with E-state index >= 15 is 0 Å². The number of nitrogen functional groups attached to an aromatic ring is 1. The smallest absolute Gasteiger partial charge is 0.339 e. The Kier molecular flexibility index (Phi) is 2.70. The average Bonchev–Trinajstić information content (AvgIpc) is 2.63. The van der Waals surface area contributed by atoms with Gasteiger partial charge in [0, 0.05) is 18.8 Å². The van der Waals surface area contributed by atoms with E-state index in [1.807, 2.05) is 0 Å². The Morgan fingerprint density at radius 2 is 2.29 bits per heavy atom. The lowest BCUT2D eigenvalue weighted by Crippen LogP contribution is -2.00. The molecule has 2 rings (SSSR count). The molecule has 0 saturated carbocycles. The maximum Gasteiger partial charge on any atom is 0.339 e. The molecule has 88 valence electrons. The summed E-state index contributed by atoms with van der Waals surface area (Å²) in [7, 11) is 1.74. The summed E-state index contributed by atoms with van der Waals surface area (Å²) in [6.07, 6.45) is 3.13. The molecule has 0 amide bonds. The first-order chi connectivity index (χ1) is 8.06. The van der Waals surface area contributed by atoms with Crippen LogP contribution in [0.3, 0.4) is 0 Å². The van der Waals surface area contributed by atoms with Crippen LogP contribution in [0, 0.1) is 0 Å². The summed E-state index contributed by atoms with van der Waals surface area (Å²) in [5.74, 6) is -0.407. The number of carbonyl (C=O) groups is 1. The maximum absolute atomic E-state index is 11.0. The number of nitrogens with two attached hydrogens (primary N) is 1. The zero-order chi connectivity index (χ0) is 12.4. The monoisotopic (exact) mass is 233 g/mol. The number of carboxylic acids is 1. The third kappa shape index (κ3) is 2.36. The van der Waals surface area contributed by atoms with Crippen molar-refractivity contribution in [2.24, 2.45) is 7.05 Å². The number of aromatic nitrogens is 2. The molecule has 2 aromatic rings. The van der Waals surface area contributed by atoms with E-state index in [-0.39, 0.29) is 11.3 Å². The van der Waals surface area contributed by atoms with Gasteiger partial charge in [0.1, 0.15) is 11.3 Å². The molecule has 0 radical (unpaired) electrons. The highest BCUT2D eigenvalue weighted by atomic mass is 16.5. The van der Waals surface area contributed by atoms with Gasteiger partial charge in [-0.2, -0.15) is 5.10 Å². The summed E-state index contributed by atoms with van der Waals surface area (Å²) in [5, 5.41) is 12.9. The average molecular weight is 233 g/mol. The Morgan fingerprint density at radius 3 is 2.88 bits per heavy atom. The number of nitrogens with zero attached hydrogens (tertiary/aromatic N) is 2. The number of benzene rings is 1. The Bertz CT molecular complexity index is 563. The van der Waals surface area contributed by atoms with Crippen LogP contribution in [0.1, 0.15) is 10.4 Å². The first-order valence-corrected chi connectivity index (χ1v) is 4.85. The van der Waals surface area contributed by atoms with E-state index in [0.717, 1.165) is 0 Å². The van der Waals surface area contributed by atoms with Gasteiger partial charge in [-0.25, -0.2) is 4.79 Å². The summed E-state index contributed by atoms with van der Waals surface area (Å²) < 4.78 is 6.99. The molecule has 0 bridgehead atoms. The molecular formula is C11H11N3O3. The fourth-order valence-electron chi connectivity index (χ4n) is 1.38. The highest BCUT2D eigenvalue weighted by Gasteiger charge is 2.12. The minimum Gasteiger partial charge on any atom is -0.478 e. The van der Waals surface area contributed by atoms with Crippen LogP contribution in [0.25, 0.3) is 0 Å². The van der Waals surface area contributed by atoms with Gasteiger partial charge in [-0.1, -0.05) is 0 Å². The highest BCUT2D eigenvalue weighted by Crippen LogP contribution is 2.27. The Labute approximate surface area is 97.2 Å². The SMILES string of the molecule is Cn1cc(Oc2cc(N)ccc2C(=O)O)cn1. The van der Waals surface area contributed by atoms with Crippen molar-refractivity contribution in [1.29, 1.82) is 0 Å². The number of aryl methyl sites for hydroxylation is 1. The molecule has 0 aliphatic rings. The standard InChI is InChI=1S/C11H11N3O3/c1-14-6-8(5-13-14)17-10-4-7(12)2-3-9(10)11(15)16/h2-6H,12H2,1H3,(H,15,16). The molecule has 0 fully saturated rings. The number of anilines is 1. The van der Waals surface area contributed by atoms with Gasteiger partial charge in [0.05, 0.1) is 12.4 Å². The predicted molar refractivity (Wildman–Crippen MR) is 61.1 cm³/mol. The highest BCUT2D eigenvalue weighted by molar-refractivity contribution is 5.91. The van der Waals surface area contributed by atoms with E-state index in [1.165, 1.54) is 24.4 Å². The number of rotatable bonds is 3. The molecule has 3 N–H and O–H groups in total. The van der Waals surface area contributed by atoms with Crippen molar-refractivity contribution in [1.82, 2.24) is 9.78 Å². The molecule has 6 heteroatoms. The number of aromatic carboxylic acids is 1. The number of hydrogen-bond acceptors (Lipinski definition) is 4. The van der Waals surface area contributed by atoms with Crippen LogP contribution >= 0.6 is 0 Å². The number of hydrogen-bond donors (Lipinski definition) is 2. The topological polar surface area (TPSA) is 90.4 Å². The molecular weight excluding hydrogens is 222 g/mol. The number of carboxylic acid groups (broad SMARTS) is 1. The van der Waals surface area contributed by atoms with Gasteiger partial charge in [-0.3, -0.25) is 4.68 Å². The van der Waals surface area contributed by atoms with E-state index < -0.39 is 5.97 Å². The Morgan fingerprint density at radius 1 is 1.53 bits per heavy atom. The second kappa shape index (κ2) is 4.17. The van der Waals surface area contributed by atoms with Crippen molar-refractivity contribution < 1.29 is 14.6 Å². The first kappa shape index (κ1) is 11.0. The molecule has 0 atom stereocenters. The molecule has 0 aliphatic carbocycles. The van der Waals surface area contributed by atoms with Crippen LogP contribution in [-0.2, 0) is 7.05 Å². The van der Waals surface area contributed by atoms with Crippen LogP contribution in [-0.4, -0.2) is 20.9 Å². The summed E-state index contributed by atoms with van der Waals surface area (Å²) in [6, 6.07) is 4.39. The van der Waals surface area contributed by atoms with Crippen LogP contribution in [0.4, 0.5) is 5.69 Å². The summed E-state index contributed by atoms with van der Waals surface area (Å²) >= 11 is 0. The zero-order valence-corrected chi connectivity index (χ0v) is 9.12. The van der Waals surface area contributed by atoms with E-state index in [0.29, 0.717) is 11.4 Å². The van der Waals surface area contributed by atoms with Crippen molar-refractivity contribution >= 4 is 11.7 Å². The third-order valence-corrected chi connectivity index (χ3v) is 2.15. The quantitative estimate of drug-likeness (QED) is 0.784. The van der Waals surface area contributed by atoms with Gasteiger partial charge >= 0.3 is 5.97 Å². The lowest BCUT2D eigenvalue weighted by Gasteiger charge is -2.07. The summed E-state index contributed by atoms with van der Waals surface area (Å²) in [4.78, 5) is 11.0. The van der Waals surface area contributed by atoms with Crippen LogP contribution < -0.4 is 10.5 Å². The van der Waals surface area contributed by atoms with Gasteiger partial charge in [0.2, 0.25) is 0 Å². The van der Waals surface area contributed by atoms with Crippen molar-refractivity contribution in [3.8, 4) is 11.5 Å². The molecule has 0 unspecified atom stereocenters. The van der Waals surface area contributed by atoms with Crippen molar-refractivity contribution in [2.75, 3.05) is 5.73 Å². The molecule has 0 saturated heterocycles. The van der Waals surface area contributed by atoms with E-state index in [4.69, 9.17) is 15.6 Å². The predicted octanol–water partition coefficient (Wildman–Crippen LogP) is 1.49. The molecule has 17 heavy (non-hydrogen) atoms. The lowest BCUT2D eigenvalue weighted by molar-refractivity contribution is 0.0694. The van der Waals surface area contributed by atoms with Crippen LogP contribution in [0.5, 0.6) is 11.5 Å². The van der Waals surface area contributed by atoms with Gasteiger partial charge in [0.15, 0.2) is 5.75 Å². The summed E-state index contributed by atoms with van der Waals surface area (Å²) in [5.41, 5.74) is 6.09. The van der Waals surface area contributed by atoms with Gasteiger partial charge < -0.3 is 15.6 Å². The van der Waals surface area contributed by atoms with E-state index in [9.17, 15) is 4.79 Å². The molecule has 0 spiro atoms. The van der Waals surface area contributed by atoms with Crippen molar-refractivity contribution in [3.05, 3.63) is 36.2 Å². The minimum atomic E-state index is -1.07. The molecule has 1 aromatic heterocycles. The van der Waals surface area contributed by atoms with E-state index in [2.05, 4.69) is 5.10 Å². The fraction of sp³-hybridized carbons (Fsp3) is 0.0909. The number of ether oxygens (including phenoxy) is 1. The second-order valence-corrected chi connectivity index (χ2v) is 3.51. The van der Waals surface area contributed by atoms with E-state index in [1.54, 1.807) is 17.9 Å². The normalized spacial score (nSPS) is 10.2. The van der Waals surface area contributed by atoms with Gasteiger partial charge in [-0.05, 0) is 12.1 Å². The first-order valence-electron chi connectivity index (χ1n) is 4.85. The third-order valence-electron chi connectivity index (χ3n) is 2.15. The largest absolute Gasteiger partial charge is 0.478 e. The Balaban J connectivity index is 2.37. The summed E-state index contributed by atoms with van der Waals surface area (Å²) in [6.45, 7) is 0. The Hall–Kier alpha value is -2.50.